The van der Waals surface area contributed by atoms with Gasteiger partial charge in [-0.2, -0.15) is 5.10 Å². The van der Waals surface area contributed by atoms with Gasteiger partial charge in [-0.3, -0.25) is 10.2 Å². The number of urea groups is 1. The Labute approximate surface area is 63.2 Å². The summed E-state index contributed by atoms with van der Waals surface area (Å²) in [6.07, 6.45) is 0.443. The van der Waals surface area contributed by atoms with Crippen LogP contribution in [0.25, 0.3) is 0 Å². The molecule has 0 aliphatic carbocycles. The standard InChI is InChI=1S/C5H8N4O2/c1-4-2-9(6-3-10)5(11)8-7-4/h3H,2H2,1H3,(H,6,10)(H,8,11). The Kier molecular flexibility index (Phi) is 2.05. The van der Waals surface area contributed by atoms with Crippen molar-refractivity contribution in [1.29, 1.82) is 0 Å². The van der Waals surface area contributed by atoms with E-state index in [9.17, 15) is 9.59 Å². The molecule has 6 heteroatoms. The van der Waals surface area contributed by atoms with E-state index in [-0.39, 0.29) is 0 Å². The number of carbonyl (C=O) groups excluding carboxylic acids is 2. The molecule has 0 saturated heterocycles. The Morgan fingerprint density at radius 2 is 2.55 bits per heavy atom. The first-order chi connectivity index (χ1) is 5.24. The Hall–Kier alpha value is -1.59. The van der Waals surface area contributed by atoms with Crippen molar-refractivity contribution in [1.82, 2.24) is 15.9 Å². The summed E-state index contributed by atoms with van der Waals surface area (Å²) in [6.45, 7) is 2.07. The van der Waals surface area contributed by atoms with Crippen LogP contribution in [0.15, 0.2) is 5.10 Å². The minimum absolute atomic E-state index is 0.324. The van der Waals surface area contributed by atoms with Gasteiger partial charge in [-0.15, -0.1) is 0 Å². The molecule has 3 amide bonds. The van der Waals surface area contributed by atoms with Crippen LogP contribution in [0.5, 0.6) is 0 Å². The first kappa shape index (κ1) is 7.52. The number of hydrogen-bond acceptors (Lipinski definition) is 3. The minimum Gasteiger partial charge on any atom is -0.277 e. The Morgan fingerprint density at radius 1 is 1.82 bits per heavy atom. The average Bonchev–Trinajstić information content (AvgIpc) is 1.98. The van der Waals surface area contributed by atoms with E-state index in [0.717, 1.165) is 10.7 Å². The summed E-state index contributed by atoms with van der Waals surface area (Å²) >= 11 is 0. The molecule has 0 aromatic rings. The van der Waals surface area contributed by atoms with Gasteiger partial charge < -0.3 is 0 Å². The van der Waals surface area contributed by atoms with Crippen LogP contribution in [0.4, 0.5) is 4.79 Å². The van der Waals surface area contributed by atoms with E-state index in [1.807, 2.05) is 0 Å². The molecule has 1 aliphatic heterocycles. The summed E-state index contributed by atoms with van der Waals surface area (Å²) in [5.74, 6) is 0. The lowest BCUT2D eigenvalue weighted by molar-refractivity contribution is -0.112. The van der Waals surface area contributed by atoms with Gasteiger partial charge in [0.1, 0.15) is 0 Å². The topological polar surface area (TPSA) is 73.8 Å². The van der Waals surface area contributed by atoms with Crippen LogP contribution in [0.1, 0.15) is 6.92 Å². The lowest BCUT2D eigenvalue weighted by atomic mass is 10.4. The summed E-state index contributed by atoms with van der Waals surface area (Å²) in [7, 11) is 0. The predicted octanol–water partition coefficient (Wildman–Crippen LogP) is -0.952. The maximum Gasteiger partial charge on any atom is 0.356 e. The van der Waals surface area contributed by atoms with Crippen LogP contribution in [0, 0.1) is 0 Å². The van der Waals surface area contributed by atoms with Crippen molar-refractivity contribution in [3.05, 3.63) is 0 Å². The first-order valence-electron chi connectivity index (χ1n) is 3.04. The molecule has 2 N–H and O–H groups in total. The van der Waals surface area contributed by atoms with E-state index in [4.69, 9.17) is 0 Å². The lowest BCUT2D eigenvalue weighted by Gasteiger charge is -2.23. The maximum absolute atomic E-state index is 10.8. The molecule has 0 saturated carbocycles. The van der Waals surface area contributed by atoms with Crippen molar-refractivity contribution in [3.8, 4) is 0 Å². The molecule has 11 heavy (non-hydrogen) atoms. The largest absolute Gasteiger partial charge is 0.356 e. The summed E-state index contributed by atoms with van der Waals surface area (Å²) < 4.78 is 0. The van der Waals surface area contributed by atoms with E-state index in [1.165, 1.54) is 0 Å². The van der Waals surface area contributed by atoms with Crippen LogP contribution >= 0.6 is 0 Å². The molecule has 0 aromatic heterocycles. The highest BCUT2D eigenvalue weighted by Crippen LogP contribution is 1.91. The van der Waals surface area contributed by atoms with Gasteiger partial charge >= 0.3 is 6.03 Å². The number of hydrogen-bond donors (Lipinski definition) is 2. The van der Waals surface area contributed by atoms with Crippen molar-refractivity contribution in [2.75, 3.05) is 6.54 Å². The predicted molar refractivity (Wildman–Crippen MR) is 37.5 cm³/mol. The molecule has 1 heterocycles. The molecule has 0 radical (unpaired) electrons. The second kappa shape index (κ2) is 3.00. The first-order valence-corrected chi connectivity index (χ1v) is 3.04. The van der Waals surface area contributed by atoms with E-state index >= 15 is 0 Å². The van der Waals surface area contributed by atoms with Gasteiger partial charge in [0.05, 0.1) is 12.3 Å². The molecule has 1 aliphatic rings. The van der Waals surface area contributed by atoms with Gasteiger partial charge in [0, 0.05) is 0 Å². The molecule has 0 aromatic carbocycles. The van der Waals surface area contributed by atoms with E-state index < -0.39 is 6.03 Å². The van der Waals surface area contributed by atoms with Gasteiger partial charge in [-0.05, 0) is 6.92 Å². The molecule has 60 valence electrons. The van der Waals surface area contributed by atoms with Crippen molar-refractivity contribution in [2.24, 2.45) is 5.10 Å². The zero-order valence-electron chi connectivity index (χ0n) is 6.00. The summed E-state index contributed by atoms with van der Waals surface area (Å²) in [5.41, 5.74) is 5.18. The fraction of sp³-hybridized carbons (Fsp3) is 0.400. The highest BCUT2D eigenvalue weighted by atomic mass is 16.2. The van der Waals surface area contributed by atoms with Crippen molar-refractivity contribution in [2.45, 2.75) is 6.92 Å². The molecule has 0 spiro atoms. The number of hydrazine groups is 1. The van der Waals surface area contributed by atoms with Crippen LogP contribution in [-0.4, -0.2) is 29.7 Å². The van der Waals surface area contributed by atoms with E-state index in [1.54, 1.807) is 6.92 Å². The highest BCUT2D eigenvalue weighted by Gasteiger charge is 2.16. The van der Waals surface area contributed by atoms with Gasteiger partial charge in [-0.1, -0.05) is 0 Å². The Morgan fingerprint density at radius 3 is 3.18 bits per heavy atom. The van der Waals surface area contributed by atoms with Gasteiger partial charge in [0.25, 0.3) is 0 Å². The number of rotatable bonds is 2. The number of carbonyl (C=O) groups is 2. The van der Waals surface area contributed by atoms with Gasteiger partial charge in [0.15, 0.2) is 0 Å². The Bertz CT molecular complexity index is 213. The van der Waals surface area contributed by atoms with Gasteiger partial charge in [-0.25, -0.2) is 15.2 Å². The maximum atomic E-state index is 10.8. The van der Waals surface area contributed by atoms with Crippen LogP contribution in [-0.2, 0) is 4.79 Å². The number of nitrogens with one attached hydrogen (secondary N) is 2. The molecular weight excluding hydrogens is 148 g/mol. The Balaban J connectivity index is 2.59. The van der Waals surface area contributed by atoms with Crippen LogP contribution in [0.2, 0.25) is 0 Å². The van der Waals surface area contributed by atoms with Crippen molar-refractivity contribution in [3.63, 3.8) is 0 Å². The fourth-order valence-corrected chi connectivity index (χ4v) is 0.707. The van der Waals surface area contributed by atoms with Crippen LogP contribution in [0.3, 0.4) is 0 Å². The molecule has 0 fully saturated rings. The van der Waals surface area contributed by atoms with Crippen molar-refractivity contribution < 1.29 is 9.59 Å². The highest BCUT2D eigenvalue weighted by molar-refractivity contribution is 5.91. The zero-order valence-corrected chi connectivity index (χ0v) is 6.00. The summed E-state index contributed by atoms with van der Waals surface area (Å²) in [4.78, 5) is 20.8. The fourth-order valence-electron chi connectivity index (χ4n) is 0.707. The number of amides is 3. The molecule has 0 bridgehead atoms. The number of hydrazone groups is 1. The smallest absolute Gasteiger partial charge is 0.277 e. The average molecular weight is 156 g/mol. The van der Waals surface area contributed by atoms with Gasteiger partial charge in [0.2, 0.25) is 6.41 Å². The monoisotopic (exact) mass is 156 g/mol. The normalized spacial score (nSPS) is 17.0. The zero-order chi connectivity index (χ0) is 8.27. The third-order valence-corrected chi connectivity index (χ3v) is 1.18. The molecule has 1 rings (SSSR count). The quantitative estimate of drug-likeness (QED) is 0.506. The second-order valence-corrected chi connectivity index (χ2v) is 2.10. The third-order valence-electron chi connectivity index (χ3n) is 1.18. The molecule has 6 nitrogen and oxygen atoms in total. The van der Waals surface area contributed by atoms with Crippen LogP contribution < -0.4 is 10.9 Å². The SMILES string of the molecule is CC1=NNC(=O)N(NC=O)C1. The lowest BCUT2D eigenvalue weighted by Crippen LogP contribution is -2.51. The number of nitrogens with zero attached hydrogens (tertiary/aromatic N) is 2. The summed E-state index contributed by atoms with van der Waals surface area (Å²) in [6, 6.07) is -0.428. The van der Waals surface area contributed by atoms with Crippen molar-refractivity contribution >= 4 is 18.2 Å². The van der Waals surface area contributed by atoms with E-state index in [2.05, 4.69) is 16.0 Å². The minimum atomic E-state index is -0.428. The molecular formula is C5H8N4O2. The third kappa shape index (κ3) is 1.66. The summed E-state index contributed by atoms with van der Waals surface area (Å²) in [5, 5.41) is 4.80. The molecule has 0 unspecified atom stereocenters. The molecule has 0 atom stereocenters. The van der Waals surface area contributed by atoms with E-state index in [0.29, 0.717) is 13.0 Å². The second-order valence-electron chi connectivity index (χ2n) is 2.10.